The number of likely N-dealkylation sites (tertiary alicyclic amines) is 1. The van der Waals surface area contributed by atoms with Crippen molar-refractivity contribution in [3.8, 4) is 5.75 Å². The average molecular weight is 540 g/mol. The van der Waals surface area contributed by atoms with E-state index in [4.69, 9.17) is 4.74 Å². The summed E-state index contributed by atoms with van der Waals surface area (Å²) in [7, 11) is 0. The highest BCUT2D eigenvalue weighted by Crippen LogP contribution is 2.17. The summed E-state index contributed by atoms with van der Waals surface area (Å²) in [6.45, 7) is 6.95. The third-order valence-corrected chi connectivity index (χ3v) is 4.08. The van der Waals surface area contributed by atoms with Crippen LogP contribution in [-0.2, 0) is 11.3 Å². The van der Waals surface area contributed by atoms with E-state index < -0.39 is 18.3 Å². The average Bonchev–Trinajstić information content (AvgIpc) is 3.04. The molecule has 1 aromatic carbocycles. The second-order valence-corrected chi connectivity index (χ2v) is 7.77. The summed E-state index contributed by atoms with van der Waals surface area (Å²) in [5.41, 5.74) is 0.225. The molecule has 2 rings (SSSR count). The van der Waals surface area contributed by atoms with Crippen molar-refractivity contribution in [1.29, 1.82) is 0 Å². The van der Waals surface area contributed by atoms with Crippen molar-refractivity contribution >= 4 is 36.0 Å². The van der Waals surface area contributed by atoms with Gasteiger partial charge in [-0.05, 0) is 51.8 Å². The molecule has 1 saturated heterocycles. The lowest BCUT2D eigenvalue weighted by atomic mass is 10.2. The molecule has 2 N–H and O–H groups in total. The molecule has 30 heavy (non-hydrogen) atoms. The summed E-state index contributed by atoms with van der Waals surface area (Å²) >= 11 is 0. The maximum atomic E-state index is 12.4. The molecule has 1 atom stereocenters. The van der Waals surface area contributed by atoms with Crippen LogP contribution in [-0.4, -0.2) is 54.8 Å². The second kappa shape index (κ2) is 12.1. The molecule has 1 heterocycles. The predicted octanol–water partition coefficient (Wildman–Crippen LogP) is 3.97. The minimum atomic E-state index is -2.86. The van der Waals surface area contributed by atoms with Crippen LogP contribution >= 0.6 is 24.0 Å². The van der Waals surface area contributed by atoms with Crippen LogP contribution in [0.15, 0.2) is 29.3 Å². The Kier molecular flexibility index (Phi) is 10.6. The number of alkyl halides is 2. The van der Waals surface area contributed by atoms with E-state index in [2.05, 4.69) is 25.3 Å². The zero-order valence-electron chi connectivity index (χ0n) is 17.8. The number of hydrogen-bond donors (Lipinski definition) is 2. The van der Waals surface area contributed by atoms with Gasteiger partial charge in [0.15, 0.2) is 5.96 Å². The Hall–Kier alpha value is -1.85. The normalized spacial score (nSPS) is 16.8. The van der Waals surface area contributed by atoms with Crippen LogP contribution < -0.4 is 15.4 Å². The van der Waals surface area contributed by atoms with Gasteiger partial charge in [-0.1, -0.05) is 12.1 Å². The highest BCUT2D eigenvalue weighted by Gasteiger charge is 2.27. The predicted molar refractivity (Wildman–Crippen MR) is 123 cm³/mol. The molecule has 1 aromatic rings. The second-order valence-electron chi connectivity index (χ2n) is 7.77. The van der Waals surface area contributed by atoms with E-state index in [1.165, 1.54) is 6.07 Å². The molecule has 7 nitrogen and oxygen atoms in total. The van der Waals surface area contributed by atoms with Gasteiger partial charge in [0.2, 0.25) is 0 Å². The SMILES string of the molecule is CCNC(=NCc1cccc(OC(F)F)c1)N1CCC(NC(=O)OC(C)(C)C)C1.I. The van der Waals surface area contributed by atoms with E-state index >= 15 is 0 Å². The molecule has 1 amide bonds. The Morgan fingerprint density at radius 1 is 1.37 bits per heavy atom. The van der Waals surface area contributed by atoms with Gasteiger partial charge in [0.1, 0.15) is 11.4 Å². The van der Waals surface area contributed by atoms with Crippen LogP contribution in [0.5, 0.6) is 5.75 Å². The van der Waals surface area contributed by atoms with Crippen molar-refractivity contribution in [2.24, 2.45) is 4.99 Å². The minimum absolute atomic E-state index is 0. The van der Waals surface area contributed by atoms with E-state index in [1.54, 1.807) is 12.1 Å². The zero-order chi connectivity index (χ0) is 21.4. The minimum Gasteiger partial charge on any atom is -0.444 e. The lowest BCUT2D eigenvalue weighted by Gasteiger charge is -2.23. The first kappa shape index (κ1) is 26.2. The van der Waals surface area contributed by atoms with Gasteiger partial charge in [-0.25, -0.2) is 9.79 Å². The summed E-state index contributed by atoms with van der Waals surface area (Å²) in [6.07, 6.45) is 0.351. The number of carbonyl (C=O) groups excluding carboxylic acids is 1. The van der Waals surface area contributed by atoms with E-state index in [-0.39, 0.29) is 35.8 Å². The first-order valence-corrected chi connectivity index (χ1v) is 9.73. The molecular weight excluding hydrogens is 509 g/mol. The standard InChI is InChI=1S/C20H30F2N4O3.HI/c1-5-23-18(24-12-14-7-6-8-16(11-14)28-17(21)22)26-10-9-15(13-26)25-19(27)29-20(2,3)4;/h6-8,11,15,17H,5,9-10,12-13H2,1-4H3,(H,23,24)(H,25,27);1H. The Bertz CT molecular complexity index is 714. The van der Waals surface area contributed by atoms with Crippen LogP contribution in [0, 0.1) is 0 Å². The fraction of sp³-hybridized carbons (Fsp3) is 0.600. The van der Waals surface area contributed by atoms with Gasteiger partial charge in [0, 0.05) is 19.6 Å². The molecule has 1 aliphatic rings. The highest BCUT2D eigenvalue weighted by molar-refractivity contribution is 14.0. The van der Waals surface area contributed by atoms with Crippen LogP contribution in [0.1, 0.15) is 39.7 Å². The summed E-state index contributed by atoms with van der Waals surface area (Å²) in [5.74, 6) is 0.821. The molecule has 1 unspecified atom stereocenters. The van der Waals surface area contributed by atoms with Gasteiger partial charge in [-0.2, -0.15) is 8.78 Å². The van der Waals surface area contributed by atoms with E-state index in [0.717, 1.165) is 18.5 Å². The van der Waals surface area contributed by atoms with Crippen molar-refractivity contribution in [2.45, 2.75) is 58.9 Å². The summed E-state index contributed by atoms with van der Waals surface area (Å²) < 4.78 is 34.5. The van der Waals surface area contributed by atoms with Crippen molar-refractivity contribution < 1.29 is 23.0 Å². The number of nitrogens with one attached hydrogen (secondary N) is 2. The van der Waals surface area contributed by atoms with Crippen LogP contribution in [0.4, 0.5) is 13.6 Å². The lowest BCUT2D eigenvalue weighted by molar-refractivity contribution is -0.0498. The number of hydrogen-bond acceptors (Lipinski definition) is 4. The van der Waals surface area contributed by atoms with Crippen molar-refractivity contribution in [1.82, 2.24) is 15.5 Å². The van der Waals surface area contributed by atoms with Crippen LogP contribution in [0.25, 0.3) is 0 Å². The fourth-order valence-corrected chi connectivity index (χ4v) is 2.96. The molecule has 0 saturated carbocycles. The molecule has 170 valence electrons. The van der Waals surface area contributed by atoms with E-state index in [1.807, 2.05) is 33.8 Å². The first-order valence-electron chi connectivity index (χ1n) is 9.73. The van der Waals surface area contributed by atoms with Gasteiger partial charge < -0.3 is 25.0 Å². The Morgan fingerprint density at radius 3 is 2.73 bits per heavy atom. The number of halogens is 3. The summed E-state index contributed by atoms with van der Waals surface area (Å²) in [4.78, 5) is 18.6. The molecular formula is C20H31F2IN4O3. The zero-order valence-corrected chi connectivity index (χ0v) is 20.1. The smallest absolute Gasteiger partial charge is 0.407 e. The maximum absolute atomic E-state index is 12.4. The highest BCUT2D eigenvalue weighted by atomic mass is 127. The Morgan fingerprint density at radius 2 is 2.10 bits per heavy atom. The van der Waals surface area contributed by atoms with Crippen LogP contribution in [0.2, 0.25) is 0 Å². The number of alkyl carbamates (subject to hydrolysis) is 1. The summed E-state index contributed by atoms with van der Waals surface area (Å²) in [6, 6.07) is 6.47. The van der Waals surface area contributed by atoms with Gasteiger partial charge in [0.05, 0.1) is 12.6 Å². The molecule has 0 radical (unpaired) electrons. The van der Waals surface area contributed by atoms with Gasteiger partial charge in [-0.3, -0.25) is 0 Å². The number of rotatable bonds is 6. The number of carbonyl (C=O) groups is 1. The lowest BCUT2D eigenvalue weighted by Crippen LogP contribution is -2.44. The van der Waals surface area contributed by atoms with Gasteiger partial charge in [0.25, 0.3) is 0 Å². The number of aliphatic imine (C=N–C) groups is 1. The number of guanidine groups is 1. The van der Waals surface area contributed by atoms with Gasteiger partial charge >= 0.3 is 12.7 Å². The number of benzene rings is 1. The molecule has 0 spiro atoms. The Labute approximate surface area is 193 Å². The summed E-state index contributed by atoms with van der Waals surface area (Å²) in [5, 5.41) is 6.12. The molecule has 1 aliphatic heterocycles. The van der Waals surface area contributed by atoms with Crippen molar-refractivity contribution in [2.75, 3.05) is 19.6 Å². The first-order chi connectivity index (χ1) is 13.7. The Balaban J connectivity index is 0.00000450. The number of nitrogens with zero attached hydrogens (tertiary/aromatic N) is 2. The third kappa shape index (κ3) is 9.31. The van der Waals surface area contributed by atoms with Crippen LogP contribution in [0.3, 0.4) is 0 Å². The maximum Gasteiger partial charge on any atom is 0.407 e. The van der Waals surface area contributed by atoms with E-state index in [0.29, 0.717) is 25.6 Å². The molecule has 0 bridgehead atoms. The fourth-order valence-electron chi connectivity index (χ4n) is 2.96. The topological polar surface area (TPSA) is 75.2 Å². The van der Waals surface area contributed by atoms with E-state index in [9.17, 15) is 13.6 Å². The quantitative estimate of drug-likeness (QED) is 0.325. The van der Waals surface area contributed by atoms with Crippen molar-refractivity contribution in [3.63, 3.8) is 0 Å². The number of ether oxygens (including phenoxy) is 2. The van der Waals surface area contributed by atoms with Gasteiger partial charge in [-0.15, -0.1) is 24.0 Å². The molecule has 0 aromatic heterocycles. The third-order valence-electron chi connectivity index (χ3n) is 4.08. The largest absolute Gasteiger partial charge is 0.444 e. The molecule has 1 fully saturated rings. The monoisotopic (exact) mass is 540 g/mol. The molecule has 0 aliphatic carbocycles. The number of amides is 1. The van der Waals surface area contributed by atoms with Crippen molar-refractivity contribution in [3.05, 3.63) is 29.8 Å². The molecule has 10 heteroatoms.